The van der Waals surface area contributed by atoms with Crippen LogP contribution in [0.5, 0.6) is 0 Å². The molecule has 3 rings (SSSR count). The first-order valence-corrected chi connectivity index (χ1v) is 7.78. The zero-order chi connectivity index (χ0) is 11.5. The van der Waals surface area contributed by atoms with E-state index >= 15 is 0 Å². The first kappa shape index (κ1) is 11.7. The van der Waals surface area contributed by atoms with Crippen LogP contribution in [0, 0.1) is 0 Å². The standard InChI is InChI=1S/C14H22N2S/c1-2-4-14-11(3-1)9-13(17-14)10-15-7-8-16-12-5-6-12/h9,12,15-16H,1-8,10H2. The second-order valence-electron chi connectivity index (χ2n) is 5.27. The lowest BCUT2D eigenvalue weighted by molar-refractivity contribution is 0.611. The maximum Gasteiger partial charge on any atom is 0.0300 e. The Morgan fingerprint density at radius 1 is 1.18 bits per heavy atom. The summed E-state index contributed by atoms with van der Waals surface area (Å²) < 4.78 is 0. The normalized spacial score (nSPS) is 19.3. The van der Waals surface area contributed by atoms with Crippen molar-refractivity contribution in [3.05, 3.63) is 21.4 Å². The molecule has 0 bridgehead atoms. The van der Waals surface area contributed by atoms with Crippen molar-refractivity contribution in [2.24, 2.45) is 0 Å². The van der Waals surface area contributed by atoms with E-state index in [4.69, 9.17) is 0 Å². The molecule has 1 saturated carbocycles. The molecule has 17 heavy (non-hydrogen) atoms. The van der Waals surface area contributed by atoms with Gasteiger partial charge in [-0.2, -0.15) is 0 Å². The van der Waals surface area contributed by atoms with Crippen molar-refractivity contribution >= 4 is 11.3 Å². The predicted octanol–water partition coefficient (Wildman–Crippen LogP) is 2.47. The van der Waals surface area contributed by atoms with Crippen molar-refractivity contribution in [1.82, 2.24) is 10.6 Å². The SMILES string of the molecule is c1c(CNCCNC2CC2)sc2c1CCCC2. The van der Waals surface area contributed by atoms with Gasteiger partial charge in [-0.15, -0.1) is 11.3 Å². The summed E-state index contributed by atoms with van der Waals surface area (Å²) in [4.78, 5) is 3.19. The van der Waals surface area contributed by atoms with Crippen LogP contribution >= 0.6 is 11.3 Å². The molecule has 0 unspecified atom stereocenters. The first-order chi connectivity index (χ1) is 8.42. The molecule has 94 valence electrons. The van der Waals surface area contributed by atoms with Crippen LogP contribution in [0.3, 0.4) is 0 Å². The molecule has 0 atom stereocenters. The summed E-state index contributed by atoms with van der Waals surface area (Å²) in [6.45, 7) is 3.28. The Balaban J connectivity index is 1.39. The van der Waals surface area contributed by atoms with E-state index in [2.05, 4.69) is 16.7 Å². The molecule has 3 heteroatoms. The van der Waals surface area contributed by atoms with Crippen LogP contribution in [-0.4, -0.2) is 19.1 Å². The molecule has 0 aromatic carbocycles. The van der Waals surface area contributed by atoms with Crippen LogP contribution in [-0.2, 0) is 19.4 Å². The molecule has 1 heterocycles. The second-order valence-corrected chi connectivity index (χ2v) is 6.49. The highest BCUT2D eigenvalue weighted by Crippen LogP contribution is 2.29. The van der Waals surface area contributed by atoms with Crippen molar-refractivity contribution in [3.63, 3.8) is 0 Å². The van der Waals surface area contributed by atoms with Gasteiger partial charge in [-0.3, -0.25) is 0 Å². The summed E-state index contributed by atoms with van der Waals surface area (Å²) in [5.74, 6) is 0. The van der Waals surface area contributed by atoms with Gasteiger partial charge in [-0.1, -0.05) is 0 Å². The molecule has 1 aromatic rings. The molecule has 0 amide bonds. The Labute approximate surface area is 108 Å². The number of fused-ring (bicyclic) bond motifs is 1. The summed E-state index contributed by atoms with van der Waals surface area (Å²) in [5.41, 5.74) is 1.63. The lowest BCUT2D eigenvalue weighted by atomic mass is 9.99. The highest BCUT2D eigenvalue weighted by molar-refractivity contribution is 7.12. The van der Waals surface area contributed by atoms with Gasteiger partial charge in [0, 0.05) is 35.4 Å². The third-order valence-corrected chi connectivity index (χ3v) is 4.90. The predicted molar refractivity (Wildman–Crippen MR) is 73.7 cm³/mol. The lowest BCUT2D eigenvalue weighted by Gasteiger charge is -2.08. The molecular formula is C14H22N2S. The van der Waals surface area contributed by atoms with E-state index in [1.54, 1.807) is 10.4 Å². The molecule has 0 saturated heterocycles. The Bertz CT molecular complexity index is 345. The maximum absolute atomic E-state index is 3.54. The fraction of sp³-hybridized carbons (Fsp3) is 0.714. The van der Waals surface area contributed by atoms with E-state index in [1.165, 1.54) is 43.4 Å². The largest absolute Gasteiger partial charge is 0.313 e. The van der Waals surface area contributed by atoms with Crippen LogP contribution in [0.15, 0.2) is 6.07 Å². The Morgan fingerprint density at radius 2 is 2.06 bits per heavy atom. The van der Waals surface area contributed by atoms with Crippen molar-refractivity contribution in [3.8, 4) is 0 Å². The summed E-state index contributed by atoms with van der Waals surface area (Å²) in [7, 11) is 0. The number of rotatable bonds is 6. The average Bonchev–Trinajstić information content (AvgIpc) is 3.07. The zero-order valence-electron chi connectivity index (χ0n) is 10.4. The minimum atomic E-state index is 0.839. The van der Waals surface area contributed by atoms with Crippen LogP contribution in [0.2, 0.25) is 0 Å². The first-order valence-electron chi connectivity index (χ1n) is 6.96. The van der Waals surface area contributed by atoms with Crippen LogP contribution in [0.1, 0.15) is 41.0 Å². The van der Waals surface area contributed by atoms with E-state index < -0.39 is 0 Å². The van der Waals surface area contributed by atoms with Gasteiger partial charge in [0.05, 0.1) is 0 Å². The number of hydrogen-bond donors (Lipinski definition) is 2. The Morgan fingerprint density at radius 3 is 2.88 bits per heavy atom. The quantitative estimate of drug-likeness (QED) is 0.758. The molecule has 2 aliphatic carbocycles. The van der Waals surface area contributed by atoms with E-state index in [9.17, 15) is 0 Å². The Hall–Kier alpha value is -0.380. The van der Waals surface area contributed by atoms with Gasteiger partial charge in [0.1, 0.15) is 0 Å². The molecule has 0 aliphatic heterocycles. The van der Waals surface area contributed by atoms with Crippen LogP contribution in [0.4, 0.5) is 0 Å². The third-order valence-electron chi connectivity index (χ3n) is 3.66. The zero-order valence-corrected chi connectivity index (χ0v) is 11.2. The summed E-state index contributed by atoms with van der Waals surface area (Å²) >= 11 is 2.03. The highest BCUT2D eigenvalue weighted by atomic mass is 32.1. The van der Waals surface area contributed by atoms with Crippen molar-refractivity contribution in [2.75, 3.05) is 13.1 Å². The molecule has 2 nitrogen and oxygen atoms in total. The lowest BCUT2D eigenvalue weighted by Crippen LogP contribution is -2.28. The number of thiophene rings is 1. The van der Waals surface area contributed by atoms with Gasteiger partial charge >= 0.3 is 0 Å². The Kier molecular flexibility index (Phi) is 3.79. The summed E-state index contributed by atoms with van der Waals surface area (Å²) in [6, 6.07) is 3.27. The summed E-state index contributed by atoms with van der Waals surface area (Å²) in [5, 5.41) is 7.07. The third kappa shape index (κ3) is 3.30. The minimum absolute atomic E-state index is 0.839. The van der Waals surface area contributed by atoms with Gasteiger partial charge in [0.25, 0.3) is 0 Å². The molecule has 2 aliphatic rings. The van der Waals surface area contributed by atoms with Gasteiger partial charge in [0.15, 0.2) is 0 Å². The second kappa shape index (κ2) is 5.51. The topological polar surface area (TPSA) is 24.1 Å². The molecule has 0 spiro atoms. The maximum atomic E-state index is 3.54. The van der Waals surface area contributed by atoms with E-state index in [0.717, 1.165) is 25.7 Å². The average molecular weight is 250 g/mol. The number of aryl methyl sites for hydroxylation is 2. The number of hydrogen-bond acceptors (Lipinski definition) is 3. The van der Waals surface area contributed by atoms with Crippen molar-refractivity contribution in [2.45, 2.75) is 51.1 Å². The monoisotopic (exact) mass is 250 g/mol. The number of nitrogens with one attached hydrogen (secondary N) is 2. The molecule has 1 aromatic heterocycles. The van der Waals surface area contributed by atoms with E-state index in [-0.39, 0.29) is 0 Å². The molecule has 2 N–H and O–H groups in total. The molecule has 1 fully saturated rings. The van der Waals surface area contributed by atoms with Gasteiger partial charge in [-0.25, -0.2) is 0 Å². The van der Waals surface area contributed by atoms with Crippen LogP contribution < -0.4 is 10.6 Å². The van der Waals surface area contributed by atoms with Gasteiger partial charge in [-0.05, 0) is 50.2 Å². The van der Waals surface area contributed by atoms with Crippen molar-refractivity contribution < 1.29 is 0 Å². The highest BCUT2D eigenvalue weighted by Gasteiger charge is 2.19. The fourth-order valence-corrected chi connectivity index (χ4v) is 3.73. The van der Waals surface area contributed by atoms with E-state index in [1.807, 2.05) is 11.3 Å². The van der Waals surface area contributed by atoms with E-state index in [0.29, 0.717) is 0 Å². The van der Waals surface area contributed by atoms with Crippen molar-refractivity contribution in [1.29, 1.82) is 0 Å². The smallest absolute Gasteiger partial charge is 0.0300 e. The summed E-state index contributed by atoms with van der Waals surface area (Å²) in [6.07, 6.45) is 8.20. The fourth-order valence-electron chi connectivity index (χ4n) is 2.50. The van der Waals surface area contributed by atoms with Crippen LogP contribution in [0.25, 0.3) is 0 Å². The minimum Gasteiger partial charge on any atom is -0.313 e. The van der Waals surface area contributed by atoms with Gasteiger partial charge in [0.2, 0.25) is 0 Å². The molecular weight excluding hydrogens is 228 g/mol. The van der Waals surface area contributed by atoms with Gasteiger partial charge < -0.3 is 10.6 Å². The molecule has 0 radical (unpaired) electrons.